The molecule has 2 atom stereocenters. The van der Waals surface area contributed by atoms with Crippen LogP contribution < -0.4 is 21.5 Å². The fourth-order valence-electron chi connectivity index (χ4n) is 2.76. The first-order valence-electron chi connectivity index (χ1n) is 6.49. The standard InChI is InChI=1S/C14H17N5O/c1-9(15)13-6-14-10(7-20)17-8-18(14)11-4-2-3-5-12(11)19(13)16/h2-5,7-8,10,14H,6,15-16H2,1H3/b13-9-. The van der Waals surface area contributed by atoms with E-state index in [0.717, 1.165) is 23.4 Å². The summed E-state index contributed by atoms with van der Waals surface area (Å²) in [5.74, 6) is 6.22. The van der Waals surface area contributed by atoms with Crippen molar-refractivity contribution in [3.63, 3.8) is 0 Å². The van der Waals surface area contributed by atoms with Gasteiger partial charge in [0.15, 0.2) is 0 Å². The maximum absolute atomic E-state index is 11.2. The van der Waals surface area contributed by atoms with Gasteiger partial charge in [-0.05, 0) is 19.1 Å². The molecule has 0 bridgehead atoms. The second-order valence-electron chi connectivity index (χ2n) is 5.06. The van der Waals surface area contributed by atoms with Crippen molar-refractivity contribution in [2.24, 2.45) is 16.6 Å². The van der Waals surface area contributed by atoms with E-state index in [1.54, 1.807) is 11.3 Å². The number of aliphatic imine (C=N–C) groups is 1. The lowest BCUT2D eigenvalue weighted by atomic mass is 10.0. The van der Waals surface area contributed by atoms with E-state index in [9.17, 15) is 4.79 Å². The van der Waals surface area contributed by atoms with Crippen molar-refractivity contribution in [3.8, 4) is 0 Å². The van der Waals surface area contributed by atoms with E-state index < -0.39 is 0 Å². The average molecular weight is 271 g/mol. The Morgan fingerprint density at radius 1 is 1.40 bits per heavy atom. The van der Waals surface area contributed by atoms with Gasteiger partial charge in [0.05, 0.1) is 29.5 Å². The normalized spacial score (nSPS) is 26.9. The lowest BCUT2D eigenvalue weighted by molar-refractivity contribution is -0.109. The third-order valence-corrected chi connectivity index (χ3v) is 3.82. The zero-order valence-corrected chi connectivity index (χ0v) is 11.2. The summed E-state index contributed by atoms with van der Waals surface area (Å²) < 4.78 is 0. The summed E-state index contributed by atoms with van der Waals surface area (Å²) in [4.78, 5) is 17.5. The molecule has 6 heteroatoms. The summed E-state index contributed by atoms with van der Waals surface area (Å²) in [6.45, 7) is 1.82. The smallest absolute Gasteiger partial charge is 0.146 e. The van der Waals surface area contributed by atoms with Crippen LogP contribution in [-0.4, -0.2) is 24.7 Å². The molecule has 4 N–H and O–H groups in total. The van der Waals surface area contributed by atoms with Gasteiger partial charge in [0.1, 0.15) is 12.3 Å². The molecule has 3 rings (SSSR count). The summed E-state index contributed by atoms with van der Waals surface area (Å²) in [6.07, 6.45) is 3.17. The van der Waals surface area contributed by atoms with E-state index in [2.05, 4.69) is 4.99 Å². The Hall–Kier alpha value is -2.34. The zero-order chi connectivity index (χ0) is 14.3. The second kappa shape index (κ2) is 4.64. The van der Waals surface area contributed by atoms with Gasteiger partial charge in [0, 0.05) is 12.1 Å². The number of para-hydroxylation sites is 2. The lowest BCUT2D eigenvalue weighted by Crippen LogP contribution is -2.38. The Labute approximate surface area is 117 Å². The summed E-state index contributed by atoms with van der Waals surface area (Å²) >= 11 is 0. The molecule has 0 aromatic heterocycles. The molecule has 0 saturated carbocycles. The highest BCUT2D eigenvalue weighted by molar-refractivity contribution is 5.92. The van der Waals surface area contributed by atoms with Crippen molar-refractivity contribution in [2.75, 3.05) is 9.91 Å². The van der Waals surface area contributed by atoms with Crippen molar-refractivity contribution in [2.45, 2.75) is 25.4 Å². The fourth-order valence-corrected chi connectivity index (χ4v) is 2.76. The fraction of sp³-hybridized carbons (Fsp3) is 0.286. The van der Waals surface area contributed by atoms with E-state index in [-0.39, 0.29) is 12.1 Å². The molecule has 0 spiro atoms. The number of allylic oxidation sites excluding steroid dienone is 1. The van der Waals surface area contributed by atoms with E-state index >= 15 is 0 Å². The highest BCUT2D eigenvalue weighted by Crippen LogP contribution is 2.38. The topological polar surface area (TPSA) is 88.0 Å². The molecule has 104 valence electrons. The van der Waals surface area contributed by atoms with Crippen LogP contribution >= 0.6 is 0 Å². The van der Waals surface area contributed by atoms with Gasteiger partial charge < -0.3 is 15.4 Å². The maximum Gasteiger partial charge on any atom is 0.146 e. The highest BCUT2D eigenvalue weighted by Gasteiger charge is 2.37. The number of nitrogens with zero attached hydrogens (tertiary/aromatic N) is 3. The molecule has 20 heavy (non-hydrogen) atoms. The van der Waals surface area contributed by atoms with Gasteiger partial charge in [-0.15, -0.1) is 0 Å². The molecule has 2 aliphatic rings. The molecule has 6 nitrogen and oxygen atoms in total. The molecular weight excluding hydrogens is 254 g/mol. The molecule has 2 unspecified atom stereocenters. The van der Waals surface area contributed by atoms with Crippen molar-refractivity contribution < 1.29 is 4.79 Å². The Kier molecular flexibility index (Phi) is 2.94. The predicted octanol–water partition coefficient (Wildman–Crippen LogP) is 0.745. The number of rotatable bonds is 1. The van der Waals surface area contributed by atoms with Crippen LogP contribution in [0.1, 0.15) is 13.3 Å². The molecule has 0 fully saturated rings. The molecule has 0 aliphatic carbocycles. The number of hydrogen-bond donors (Lipinski definition) is 2. The number of carbonyl (C=O) groups is 1. The first-order valence-corrected chi connectivity index (χ1v) is 6.49. The molecule has 0 radical (unpaired) electrons. The SMILES string of the molecule is C/C(N)=C1\CC2C(C=O)N=CN2c2ccccc2N1N. The zero-order valence-electron chi connectivity index (χ0n) is 11.2. The minimum atomic E-state index is -0.385. The van der Waals surface area contributed by atoms with Gasteiger partial charge in [-0.25, -0.2) is 5.84 Å². The van der Waals surface area contributed by atoms with Crippen molar-refractivity contribution in [1.29, 1.82) is 0 Å². The van der Waals surface area contributed by atoms with Gasteiger partial charge in [0.25, 0.3) is 0 Å². The molecule has 0 amide bonds. The number of hydrogen-bond acceptors (Lipinski definition) is 6. The van der Waals surface area contributed by atoms with Crippen LogP contribution in [0.25, 0.3) is 0 Å². The summed E-state index contributed by atoms with van der Waals surface area (Å²) in [5, 5.41) is 1.61. The number of benzene rings is 1. The molecular formula is C14H17N5O. The van der Waals surface area contributed by atoms with Crippen LogP contribution in [0.5, 0.6) is 0 Å². The second-order valence-corrected chi connectivity index (χ2v) is 5.06. The van der Waals surface area contributed by atoms with E-state index in [1.807, 2.05) is 36.1 Å². The van der Waals surface area contributed by atoms with E-state index in [4.69, 9.17) is 11.6 Å². The highest BCUT2D eigenvalue weighted by atomic mass is 16.1. The Balaban J connectivity index is 2.18. The van der Waals surface area contributed by atoms with E-state index in [1.165, 1.54) is 0 Å². The monoisotopic (exact) mass is 271 g/mol. The average Bonchev–Trinajstić information content (AvgIpc) is 2.81. The van der Waals surface area contributed by atoms with Crippen molar-refractivity contribution >= 4 is 24.0 Å². The predicted molar refractivity (Wildman–Crippen MR) is 79.2 cm³/mol. The van der Waals surface area contributed by atoms with Gasteiger partial charge in [-0.1, -0.05) is 12.1 Å². The minimum Gasteiger partial charge on any atom is -0.401 e. The first kappa shape index (κ1) is 12.7. The van der Waals surface area contributed by atoms with Gasteiger partial charge in [0.2, 0.25) is 0 Å². The van der Waals surface area contributed by atoms with Crippen LogP contribution in [0.15, 0.2) is 40.7 Å². The van der Waals surface area contributed by atoms with Gasteiger partial charge in [-0.3, -0.25) is 10.0 Å². The quantitative estimate of drug-likeness (QED) is 0.581. The Bertz CT molecular complexity index is 605. The Morgan fingerprint density at radius 3 is 2.75 bits per heavy atom. The number of aldehydes is 1. The van der Waals surface area contributed by atoms with E-state index in [0.29, 0.717) is 12.1 Å². The maximum atomic E-state index is 11.2. The van der Waals surface area contributed by atoms with Crippen molar-refractivity contribution in [1.82, 2.24) is 0 Å². The van der Waals surface area contributed by atoms with Crippen LogP contribution in [-0.2, 0) is 4.79 Å². The minimum absolute atomic E-state index is 0.0734. The molecule has 2 heterocycles. The van der Waals surface area contributed by atoms with Crippen LogP contribution in [0.2, 0.25) is 0 Å². The third kappa shape index (κ3) is 1.77. The van der Waals surface area contributed by atoms with Crippen LogP contribution in [0.4, 0.5) is 11.4 Å². The first-order chi connectivity index (χ1) is 9.63. The molecule has 1 aromatic rings. The van der Waals surface area contributed by atoms with Gasteiger partial charge in [-0.2, -0.15) is 0 Å². The number of hydrazine groups is 1. The van der Waals surface area contributed by atoms with Crippen LogP contribution in [0.3, 0.4) is 0 Å². The number of nitrogens with two attached hydrogens (primary N) is 2. The lowest BCUT2D eigenvalue weighted by Gasteiger charge is -2.24. The van der Waals surface area contributed by atoms with Gasteiger partial charge >= 0.3 is 0 Å². The summed E-state index contributed by atoms with van der Waals surface area (Å²) in [6, 6.07) is 7.31. The van der Waals surface area contributed by atoms with Crippen molar-refractivity contribution in [3.05, 3.63) is 35.7 Å². The number of fused-ring (bicyclic) bond motifs is 3. The van der Waals surface area contributed by atoms with Crippen LogP contribution in [0, 0.1) is 0 Å². The third-order valence-electron chi connectivity index (χ3n) is 3.82. The molecule has 1 aromatic carbocycles. The summed E-state index contributed by atoms with van der Waals surface area (Å²) in [5.41, 5.74) is 9.23. The Morgan fingerprint density at radius 2 is 2.10 bits per heavy atom. The number of carbonyl (C=O) groups excluding carboxylic acids is 1. The summed E-state index contributed by atoms with van der Waals surface area (Å²) in [7, 11) is 0. The molecule has 0 saturated heterocycles. The largest absolute Gasteiger partial charge is 0.401 e. The number of anilines is 2. The molecule has 2 aliphatic heterocycles.